The molecule has 12 nitrogen and oxygen atoms in total. The second-order valence-electron chi connectivity index (χ2n) is 13.4. The fourth-order valence-corrected chi connectivity index (χ4v) is 8.91. The SMILES string of the molecule is COc1cc2c(cc1Nc1ncc(Br)c(Nc3ccc4nccnc4c3P(C)(C)=O)n1)OC[C@H]1C[C@@H](N3CCN(C(C)C)CC3)CCN21. The zero-order valence-corrected chi connectivity index (χ0v) is 30.6. The molecule has 2 N–H and O–H groups in total. The average molecular weight is 737 g/mol. The van der Waals surface area contributed by atoms with Crippen LogP contribution in [0.25, 0.3) is 11.0 Å². The van der Waals surface area contributed by atoms with Gasteiger partial charge in [-0.2, -0.15) is 4.98 Å². The molecule has 2 fully saturated rings. The number of anilines is 5. The summed E-state index contributed by atoms with van der Waals surface area (Å²) in [4.78, 5) is 25.9. The van der Waals surface area contributed by atoms with E-state index in [9.17, 15) is 4.57 Å². The van der Waals surface area contributed by atoms with Gasteiger partial charge in [-0.3, -0.25) is 19.8 Å². The summed E-state index contributed by atoms with van der Waals surface area (Å²) in [6, 6.07) is 9.29. The van der Waals surface area contributed by atoms with E-state index in [0.717, 1.165) is 57.0 Å². The molecule has 0 unspecified atom stereocenters. The number of ether oxygens (including phenoxy) is 2. The van der Waals surface area contributed by atoms with E-state index in [-0.39, 0.29) is 0 Å². The summed E-state index contributed by atoms with van der Waals surface area (Å²) >= 11 is 3.58. The lowest BCUT2D eigenvalue weighted by Gasteiger charge is -2.48. The van der Waals surface area contributed by atoms with Gasteiger partial charge in [0.05, 0.1) is 45.5 Å². The number of benzene rings is 2. The Morgan fingerprint density at radius 2 is 1.79 bits per heavy atom. The molecule has 3 aliphatic rings. The van der Waals surface area contributed by atoms with E-state index in [1.54, 1.807) is 39.0 Å². The van der Waals surface area contributed by atoms with Gasteiger partial charge in [-0.15, -0.1) is 0 Å². The Balaban J connectivity index is 1.09. The molecule has 2 aromatic carbocycles. The van der Waals surface area contributed by atoms with E-state index in [2.05, 4.69) is 76.1 Å². The van der Waals surface area contributed by atoms with Crippen molar-refractivity contribution in [2.75, 3.05) is 75.3 Å². The standard InChI is InChI=1S/C34H43BrN9O3P/c1-21(2)42-12-14-43(15-13-42)22-8-11-44-23(16-22)20-47-30-17-27(29(46-3)18-28(30)44)40-34-38-19-24(35)33(41-34)39-26-7-6-25-31(37-10-9-36-25)32(26)48(4,5)45/h6-7,9-10,17-19,21-23H,8,11-16,20H2,1-5H3,(H2,38,39,40,41)/t22-,23+/m0/s1. The van der Waals surface area contributed by atoms with Gasteiger partial charge in [-0.1, -0.05) is 0 Å². The van der Waals surface area contributed by atoms with E-state index in [4.69, 9.17) is 14.5 Å². The van der Waals surface area contributed by atoms with Gasteiger partial charge in [0.1, 0.15) is 36.6 Å². The van der Waals surface area contributed by atoms with Crippen molar-refractivity contribution in [3.05, 3.63) is 47.3 Å². The van der Waals surface area contributed by atoms with Crippen molar-refractivity contribution in [3.8, 4) is 11.5 Å². The van der Waals surface area contributed by atoms with Gasteiger partial charge in [0, 0.05) is 75.5 Å². The van der Waals surface area contributed by atoms with Crippen LogP contribution in [0.5, 0.6) is 11.5 Å². The third-order valence-corrected chi connectivity index (χ3v) is 11.8. The summed E-state index contributed by atoms with van der Waals surface area (Å²) in [5.74, 6) is 2.37. The molecular formula is C34H43BrN9O3P. The maximum absolute atomic E-state index is 13.4. The van der Waals surface area contributed by atoms with Crippen LogP contribution >= 0.6 is 23.1 Å². The predicted octanol–water partition coefficient (Wildman–Crippen LogP) is 5.68. The van der Waals surface area contributed by atoms with Crippen LogP contribution in [0.1, 0.15) is 26.7 Å². The highest BCUT2D eigenvalue weighted by atomic mass is 79.9. The van der Waals surface area contributed by atoms with E-state index in [0.29, 0.717) is 74.4 Å². The molecule has 3 aliphatic heterocycles. The van der Waals surface area contributed by atoms with Gasteiger partial charge in [0.25, 0.3) is 0 Å². The first kappa shape index (κ1) is 33.0. The molecule has 2 saturated heterocycles. The normalized spacial score (nSPS) is 20.3. The number of hydrogen-bond acceptors (Lipinski definition) is 12. The quantitative estimate of drug-likeness (QED) is 0.217. The fourth-order valence-electron chi connectivity index (χ4n) is 7.23. The molecule has 2 atom stereocenters. The third kappa shape index (κ3) is 6.57. The molecule has 5 heterocycles. The van der Waals surface area contributed by atoms with Crippen molar-refractivity contribution in [1.82, 2.24) is 29.7 Å². The number of hydrogen-bond donors (Lipinski definition) is 2. The lowest BCUT2D eigenvalue weighted by Crippen LogP contribution is -2.58. The van der Waals surface area contributed by atoms with Crippen LogP contribution in [0.2, 0.25) is 0 Å². The largest absolute Gasteiger partial charge is 0.494 e. The number of piperazine rings is 1. The Kier molecular flexibility index (Phi) is 9.23. The van der Waals surface area contributed by atoms with E-state index < -0.39 is 7.14 Å². The van der Waals surface area contributed by atoms with Gasteiger partial charge in [-0.25, -0.2) is 4.98 Å². The Hall–Kier alpha value is -3.51. The summed E-state index contributed by atoms with van der Waals surface area (Å²) in [7, 11) is -1.08. The molecule has 0 saturated carbocycles. The lowest BCUT2D eigenvalue weighted by atomic mass is 9.93. The van der Waals surface area contributed by atoms with Gasteiger partial charge >= 0.3 is 0 Å². The second-order valence-corrected chi connectivity index (χ2v) is 17.4. The molecular weight excluding hydrogens is 693 g/mol. The van der Waals surface area contributed by atoms with Crippen LogP contribution in [-0.2, 0) is 4.57 Å². The van der Waals surface area contributed by atoms with Gasteiger partial charge in [-0.05, 0) is 68.1 Å². The first-order valence-electron chi connectivity index (χ1n) is 16.5. The van der Waals surface area contributed by atoms with Crippen LogP contribution in [0.4, 0.5) is 28.8 Å². The van der Waals surface area contributed by atoms with E-state index in [1.165, 1.54) is 0 Å². The van der Waals surface area contributed by atoms with Crippen molar-refractivity contribution in [2.45, 2.75) is 44.8 Å². The number of piperidine rings is 1. The third-order valence-electron chi connectivity index (χ3n) is 9.70. The monoisotopic (exact) mass is 735 g/mol. The van der Waals surface area contributed by atoms with Crippen LogP contribution < -0.4 is 30.3 Å². The first-order chi connectivity index (χ1) is 23.1. The minimum absolute atomic E-state index is 0.332. The molecule has 254 valence electrons. The Labute approximate surface area is 290 Å². The number of fused-ring (bicyclic) bond motifs is 4. The molecule has 0 spiro atoms. The molecule has 4 aromatic rings. The Morgan fingerprint density at radius 1 is 1.00 bits per heavy atom. The van der Waals surface area contributed by atoms with Crippen LogP contribution in [0.3, 0.4) is 0 Å². The van der Waals surface area contributed by atoms with Crippen LogP contribution in [-0.4, -0.2) is 108 Å². The van der Waals surface area contributed by atoms with Crippen LogP contribution in [0.15, 0.2) is 47.3 Å². The van der Waals surface area contributed by atoms with E-state index in [1.807, 2.05) is 18.2 Å². The summed E-state index contributed by atoms with van der Waals surface area (Å²) in [5.41, 5.74) is 3.70. The average Bonchev–Trinajstić information content (AvgIpc) is 3.08. The van der Waals surface area contributed by atoms with Crippen molar-refractivity contribution in [3.63, 3.8) is 0 Å². The number of halogens is 1. The first-order valence-corrected chi connectivity index (χ1v) is 19.9. The van der Waals surface area contributed by atoms with Gasteiger partial charge in [0.15, 0.2) is 0 Å². The zero-order chi connectivity index (χ0) is 33.6. The fraction of sp³-hybridized carbons (Fsp3) is 0.471. The number of nitrogens with one attached hydrogen (secondary N) is 2. The van der Waals surface area contributed by atoms with Crippen molar-refractivity contribution in [1.29, 1.82) is 0 Å². The summed E-state index contributed by atoms with van der Waals surface area (Å²) in [5, 5.41) is 7.33. The highest BCUT2D eigenvalue weighted by Gasteiger charge is 2.37. The second kappa shape index (κ2) is 13.4. The Morgan fingerprint density at radius 3 is 2.54 bits per heavy atom. The lowest BCUT2D eigenvalue weighted by molar-refractivity contribution is 0.0588. The highest BCUT2D eigenvalue weighted by Crippen LogP contribution is 2.45. The topological polar surface area (TPSA) is 121 Å². The summed E-state index contributed by atoms with van der Waals surface area (Å²) in [6.45, 7) is 14.3. The number of methoxy groups -OCH3 is 1. The minimum atomic E-state index is -2.75. The van der Waals surface area contributed by atoms with E-state index >= 15 is 0 Å². The van der Waals surface area contributed by atoms with Crippen molar-refractivity contribution < 1.29 is 14.0 Å². The molecule has 0 amide bonds. The maximum atomic E-state index is 13.4. The molecule has 14 heteroatoms. The predicted molar refractivity (Wildman–Crippen MR) is 196 cm³/mol. The smallest absolute Gasteiger partial charge is 0.229 e. The number of nitrogens with zero attached hydrogens (tertiary/aromatic N) is 7. The molecule has 48 heavy (non-hydrogen) atoms. The summed E-state index contributed by atoms with van der Waals surface area (Å²) in [6.07, 6.45) is 7.16. The number of aromatic nitrogens is 4. The molecule has 0 radical (unpaired) electrons. The summed E-state index contributed by atoms with van der Waals surface area (Å²) < 4.78 is 26.3. The molecule has 0 bridgehead atoms. The number of rotatable bonds is 8. The maximum Gasteiger partial charge on any atom is 0.229 e. The molecule has 2 aromatic heterocycles. The minimum Gasteiger partial charge on any atom is -0.494 e. The molecule has 7 rings (SSSR count). The Bertz CT molecular complexity index is 1860. The molecule has 0 aliphatic carbocycles. The van der Waals surface area contributed by atoms with Crippen molar-refractivity contribution in [2.24, 2.45) is 0 Å². The van der Waals surface area contributed by atoms with Crippen LogP contribution in [0, 0.1) is 0 Å². The zero-order valence-electron chi connectivity index (χ0n) is 28.1. The highest BCUT2D eigenvalue weighted by molar-refractivity contribution is 9.10. The van der Waals surface area contributed by atoms with Gasteiger partial charge in [0.2, 0.25) is 5.95 Å². The van der Waals surface area contributed by atoms with Crippen molar-refractivity contribution >= 4 is 68.2 Å². The van der Waals surface area contributed by atoms with Gasteiger partial charge < -0.3 is 29.6 Å².